The second-order valence-corrected chi connectivity index (χ2v) is 8.74. The molecule has 5 nitrogen and oxygen atoms in total. The van der Waals surface area contributed by atoms with E-state index in [0.717, 1.165) is 4.88 Å². The molecule has 142 valence electrons. The van der Waals surface area contributed by atoms with Crippen molar-refractivity contribution < 1.29 is 4.79 Å². The summed E-state index contributed by atoms with van der Waals surface area (Å²) in [6, 6.07) is 11.3. The molecule has 0 fully saturated rings. The van der Waals surface area contributed by atoms with Crippen LogP contribution in [0.15, 0.2) is 51.7 Å². The number of thioether (sulfide) groups is 1. The normalized spacial score (nSPS) is 12.4. The van der Waals surface area contributed by atoms with Crippen LogP contribution in [0.4, 0.5) is 0 Å². The first kappa shape index (κ1) is 19.6. The van der Waals surface area contributed by atoms with Gasteiger partial charge in [-0.15, -0.1) is 11.3 Å². The number of carbonyl (C=O) groups excluding carboxylic acids is 1. The highest BCUT2D eigenvalue weighted by molar-refractivity contribution is 7.99. The molecular formula is C20H23N3O2S2. The number of carbonyl (C=O) groups is 1. The summed E-state index contributed by atoms with van der Waals surface area (Å²) < 4.78 is 1.69. The van der Waals surface area contributed by atoms with Crippen molar-refractivity contribution >= 4 is 39.9 Å². The van der Waals surface area contributed by atoms with Crippen LogP contribution in [-0.4, -0.2) is 21.2 Å². The van der Waals surface area contributed by atoms with Gasteiger partial charge in [0.05, 0.1) is 22.7 Å². The van der Waals surface area contributed by atoms with E-state index in [2.05, 4.69) is 24.1 Å². The Balaban J connectivity index is 1.79. The van der Waals surface area contributed by atoms with Gasteiger partial charge in [0.1, 0.15) is 0 Å². The fraction of sp³-hybridized carbons (Fsp3) is 0.350. The Kier molecular flexibility index (Phi) is 6.34. The van der Waals surface area contributed by atoms with Gasteiger partial charge in [0.25, 0.3) is 5.56 Å². The maximum Gasteiger partial charge on any atom is 0.262 e. The molecule has 3 rings (SSSR count). The van der Waals surface area contributed by atoms with Crippen LogP contribution in [0.5, 0.6) is 0 Å². The maximum absolute atomic E-state index is 12.9. The van der Waals surface area contributed by atoms with Crippen LogP contribution < -0.4 is 10.9 Å². The smallest absolute Gasteiger partial charge is 0.262 e. The molecule has 1 atom stereocenters. The van der Waals surface area contributed by atoms with Crippen LogP contribution in [0.25, 0.3) is 10.9 Å². The van der Waals surface area contributed by atoms with Gasteiger partial charge in [-0.3, -0.25) is 14.2 Å². The highest BCUT2D eigenvalue weighted by Gasteiger charge is 2.15. The average Bonchev–Trinajstić information content (AvgIpc) is 3.17. The second kappa shape index (κ2) is 8.71. The number of amides is 1. The van der Waals surface area contributed by atoms with E-state index in [9.17, 15) is 9.59 Å². The number of hydrogen-bond acceptors (Lipinski definition) is 5. The van der Waals surface area contributed by atoms with E-state index in [1.54, 1.807) is 22.0 Å². The van der Waals surface area contributed by atoms with E-state index in [1.807, 2.05) is 42.6 Å². The predicted octanol–water partition coefficient (Wildman–Crippen LogP) is 4.08. The number of aromatic nitrogens is 2. The van der Waals surface area contributed by atoms with Crippen molar-refractivity contribution in [3.8, 4) is 0 Å². The van der Waals surface area contributed by atoms with Crippen molar-refractivity contribution in [3.05, 3.63) is 57.0 Å². The van der Waals surface area contributed by atoms with E-state index in [1.165, 1.54) is 11.8 Å². The molecule has 0 aliphatic heterocycles. The fourth-order valence-electron chi connectivity index (χ4n) is 2.81. The number of hydrogen-bond donors (Lipinski definition) is 1. The lowest BCUT2D eigenvalue weighted by atomic mass is 10.2. The first-order chi connectivity index (χ1) is 13.0. The zero-order valence-electron chi connectivity index (χ0n) is 15.6. The van der Waals surface area contributed by atoms with Gasteiger partial charge in [0.2, 0.25) is 5.91 Å². The van der Waals surface area contributed by atoms with Gasteiger partial charge in [0, 0.05) is 11.4 Å². The monoisotopic (exact) mass is 401 g/mol. The second-order valence-electron chi connectivity index (χ2n) is 6.81. The van der Waals surface area contributed by atoms with Crippen LogP contribution >= 0.6 is 23.1 Å². The number of rotatable bonds is 7. The number of nitrogens with zero attached hydrogens (tertiary/aromatic N) is 2. The summed E-state index contributed by atoms with van der Waals surface area (Å²) in [7, 11) is 0. The Morgan fingerprint density at radius 1 is 1.22 bits per heavy atom. The van der Waals surface area contributed by atoms with E-state index in [-0.39, 0.29) is 23.3 Å². The topological polar surface area (TPSA) is 64.0 Å². The Morgan fingerprint density at radius 3 is 2.70 bits per heavy atom. The van der Waals surface area contributed by atoms with Crippen molar-refractivity contribution in [3.63, 3.8) is 0 Å². The van der Waals surface area contributed by atoms with Crippen LogP contribution in [0.3, 0.4) is 0 Å². The number of benzene rings is 1. The summed E-state index contributed by atoms with van der Waals surface area (Å²) in [6.45, 7) is 6.67. The number of para-hydroxylation sites is 1. The van der Waals surface area contributed by atoms with Gasteiger partial charge in [-0.2, -0.15) is 0 Å². The molecule has 0 saturated heterocycles. The van der Waals surface area contributed by atoms with E-state index < -0.39 is 0 Å². The summed E-state index contributed by atoms with van der Waals surface area (Å²) in [6.07, 6.45) is 0. The minimum Gasteiger partial charge on any atom is -0.348 e. The zero-order valence-corrected chi connectivity index (χ0v) is 17.3. The van der Waals surface area contributed by atoms with Crippen molar-refractivity contribution in [2.24, 2.45) is 5.92 Å². The summed E-state index contributed by atoms with van der Waals surface area (Å²) in [4.78, 5) is 31.0. The zero-order chi connectivity index (χ0) is 19.4. The first-order valence-electron chi connectivity index (χ1n) is 8.91. The standard InChI is InChI=1S/C20H23N3O2S2/c1-13(2)11-23-19(25)15-7-4-5-8-16(15)22-20(23)27-12-18(24)21-14(3)17-9-6-10-26-17/h4-10,13-14H,11-12H2,1-3H3,(H,21,24)/t14-/m1/s1. The lowest BCUT2D eigenvalue weighted by molar-refractivity contribution is -0.119. The minimum atomic E-state index is -0.0700. The minimum absolute atomic E-state index is 0.0273. The lowest BCUT2D eigenvalue weighted by Gasteiger charge is -2.15. The van der Waals surface area contributed by atoms with Gasteiger partial charge in [-0.25, -0.2) is 4.98 Å². The third kappa shape index (κ3) is 4.78. The van der Waals surface area contributed by atoms with Crippen molar-refractivity contribution in [2.75, 3.05) is 5.75 Å². The van der Waals surface area contributed by atoms with E-state index in [0.29, 0.717) is 28.5 Å². The first-order valence-corrected chi connectivity index (χ1v) is 10.8. The predicted molar refractivity (Wildman–Crippen MR) is 112 cm³/mol. The Morgan fingerprint density at radius 2 is 2.00 bits per heavy atom. The molecule has 0 bridgehead atoms. The highest BCUT2D eigenvalue weighted by atomic mass is 32.2. The summed E-state index contributed by atoms with van der Waals surface area (Å²) in [5.74, 6) is 0.454. The summed E-state index contributed by atoms with van der Waals surface area (Å²) in [5, 5.41) is 6.20. The molecule has 7 heteroatoms. The molecule has 1 aromatic carbocycles. The molecule has 3 aromatic rings. The van der Waals surface area contributed by atoms with Gasteiger partial charge in [0.15, 0.2) is 5.16 Å². The summed E-state index contributed by atoms with van der Waals surface area (Å²) >= 11 is 2.93. The van der Waals surface area contributed by atoms with Gasteiger partial charge in [-0.05, 0) is 36.4 Å². The SMILES string of the molecule is CC(C)Cn1c(SCC(=O)N[C@H](C)c2cccs2)nc2ccccc2c1=O. The van der Waals surface area contributed by atoms with Gasteiger partial charge >= 0.3 is 0 Å². The molecule has 2 heterocycles. The van der Waals surface area contributed by atoms with E-state index in [4.69, 9.17) is 0 Å². The molecule has 0 aliphatic carbocycles. The largest absolute Gasteiger partial charge is 0.348 e. The fourth-order valence-corrected chi connectivity index (χ4v) is 4.36. The van der Waals surface area contributed by atoms with Crippen LogP contribution in [0, 0.1) is 5.92 Å². The number of thiophene rings is 1. The molecule has 27 heavy (non-hydrogen) atoms. The van der Waals surface area contributed by atoms with E-state index >= 15 is 0 Å². The molecule has 1 N–H and O–H groups in total. The quantitative estimate of drug-likeness (QED) is 0.478. The van der Waals surface area contributed by atoms with Crippen molar-refractivity contribution in [1.29, 1.82) is 0 Å². The third-order valence-corrected chi connectivity index (χ3v) is 6.09. The van der Waals surface area contributed by atoms with Crippen molar-refractivity contribution in [2.45, 2.75) is 38.5 Å². The number of fused-ring (bicyclic) bond motifs is 1. The van der Waals surface area contributed by atoms with Crippen LogP contribution in [-0.2, 0) is 11.3 Å². The van der Waals surface area contributed by atoms with Crippen LogP contribution in [0.1, 0.15) is 31.7 Å². The molecule has 0 aliphatic rings. The van der Waals surface area contributed by atoms with Crippen molar-refractivity contribution in [1.82, 2.24) is 14.9 Å². The Bertz CT molecular complexity index is 981. The Labute approximate surface area is 166 Å². The molecule has 2 aromatic heterocycles. The molecule has 0 unspecified atom stereocenters. The van der Waals surface area contributed by atoms with Crippen LogP contribution in [0.2, 0.25) is 0 Å². The molecule has 0 spiro atoms. The maximum atomic E-state index is 12.9. The van der Waals surface area contributed by atoms with Gasteiger partial charge < -0.3 is 5.32 Å². The Hall–Kier alpha value is -2.12. The summed E-state index contributed by atoms with van der Waals surface area (Å²) in [5.41, 5.74) is 0.613. The molecular weight excluding hydrogens is 378 g/mol. The number of nitrogens with one attached hydrogen (secondary N) is 1. The third-order valence-electron chi connectivity index (χ3n) is 4.05. The average molecular weight is 402 g/mol. The van der Waals surface area contributed by atoms with Gasteiger partial charge in [-0.1, -0.05) is 43.8 Å². The molecule has 0 radical (unpaired) electrons. The highest BCUT2D eigenvalue weighted by Crippen LogP contribution is 2.21. The molecule has 0 saturated carbocycles. The molecule has 1 amide bonds. The lowest BCUT2D eigenvalue weighted by Crippen LogP contribution is -2.29.